The molecule has 3 N–H and O–H groups in total. The maximum atomic E-state index is 13.4. The van der Waals surface area contributed by atoms with Crippen molar-refractivity contribution >= 4 is 34.4 Å². The average molecular weight is 355 g/mol. The largest absolute Gasteiger partial charge is 0.481 e. The molecule has 1 aliphatic heterocycles. The second kappa shape index (κ2) is 6.41. The summed E-state index contributed by atoms with van der Waals surface area (Å²) in [6, 6.07) is 4.00. The molecule has 0 atom stereocenters. The topological polar surface area (TPSA) is 91.4 Å². The number of ether oxygens (including phenoxy) is 1. The Balaban J connectivity index is 1.90. The third-order valence-corrected chi connectivity index (χ3v) is 4.64. The minimum absolute atomic E-state index is 0.0912. The minimum Gasteiger partial charge on any atom is -0.481 e. The summed E-state index contributed by atoms with van der Waals surface area (Å²) in [5.41, 5.74) is -0.258. The lowest BCUT2D eigenvalue weighted by Crippen LogP contribution is -2.53. The van der Waals surface area contributed by atoms with Gasteiger partial charge in [-0.25, -0.2) is 4.39 Å². The fraction of sp³-hybridized carbons (Fsp3) is 0.375. The third-order valence-electron chi connectivity index (χ3n) is 4.24. The lowest BCUT2D eigenvalue weighted by molar-refractivity contribution is -0.139. The maximum absolute atomic E-state index is 13.4. The number of hydrogen-bond acceptors (Lipinski definition) is 3. The van der Waals surface area contributed by atoms with Crippen molar-refractivity contribution in [2.45, 2.75) is 24.8 Å². The van der Waals surface area contributed by atoms with Gasteiger partial charge in [-0.15, -0.1) is 0 Å². The summed E-state index contributed by atoms with van der Waals surface area (Å²) < 4.78 is 18.6. The summed E-state index contributed by atoms with van der Waals surface area (Å²) in [7, 11) is 0. The van der Waals surface area contributed by atoms with Crippen LogP contribution in [0.15, 0.2) is 18.2 Å². The Morgan fingerprint density at radius 3 is 2.75 bits per heavy atom. The van der Waals surface area contributed by atoms with Crippen molar-refractivity contribution in [3.63, 3.8) is 0 Å². The highest BCUT2D eigenvalue weighted by Crippen LogP contribution is 2.30. The van der Waals surface area contributed by atoms with Crippen LogP contribution in [0.5, 0.6) is 0 Å². The van der Waals surface area contributed by atoms with Crippen molar-refractivity contribution in [2.24, 2.45) is 0 Å². The van der Waals surface area contributed by atoms with Gasteiger partial charge in [0, 0.05) is 24.1 Å². The summed E-state index contributed by atoms with van der Waals surface area (Å²) in [5, 5.41) is 12.4. The zero-order valence-corrected chi connectivity index (χ0v) is 13.5. The molecule has 1 aliphatic rings. The fourth-order valence-corrected chi connectivity index (χ4v) is 3.28. The van der Waals surface area contributed by atoms with Crippen molar-refractivity contribution in [1.82, 2.24) is 10.3 Å². The molecule has 1 amide bonds. The molecular weight excluding hydrogens is 339 g/mol. The molecule has 1 aromatic heterocycles. The van der Waals surface area contributed by atoms with Gasteiger partial charge in [0.15, 0.2) is 0 Å². The number of benzene rings is 1. The first-order valence-electron chi connectivity index (χ1n) is 7.49. The van der Waals surface area contributed by atoms with Gasteiger partial charge in [-0.2, -0.15) is 0 Å². The molecule has 6 nitrogen and oxygen atoms in total. The summed E-state index contributed by atoms with van der Waals surface area (Å²) in [5.74, 6) is -1.97. The Kier molecular flexibility index (Phi) is 4.47. The number of halogens is 2. The fourth-order valence-electron chi connectivity index (χ4n) is 2.99. The zero-order chi connectivity index (χ0) is 17.3. The number of rotatable bonds is 4. The van der Waals surface area contributed by atoms with Crippen LogP contribution in [0.25, 0.3) is 10.9 Å². The highest BCUT2D eigenvalue weighted by Gasteiger charge is 2.37. The van der Waals surface area contributed by atoms with E-state index in [0.717, 1.165) is 0 Å². The normalized spacial score (nSPS) is 16.9. The smallest absolute Gasteiger partial charge is 0.305 e. The number of carbonyl (C=O) groups excluding carboxylic acids is 1. The third kappa shape index (κ3) is 3.22. The number of carboxylic acid groups (broad SMARTS) is 1. The van der Waals surface area contributed by atoms with Crippen LogP contribution in [0.2, 0.25) is 5.02 Å². The second-order valence-corrected chi connectivity index (χ2v) is 6.30. The van der Waals surface area contributed by atoms with Gasteiger partial charge in [-0.05, 0) is 31.0 Å². The first-order valence-corrected chi connectivity index (χ1v) is 7.87. The van der Waals surface area contributed by atoms with Gasteiger partial charge in [0.05, 0.1) is 17.0 Å². The van der Waals surface area contributed by atoms with E-state index in [2.05, 4.69) is 10.3 Å². The minimum atomic E-state index is -0.998. The Morgan fingerprint density at radius 2 is 2.08 bits per heavy atom. The quantitative estimate of drug-likeness (QED) is 0.787. The van der Waals surface area contributed by atoms with Gasteiger partial charge in [0.2, 0.25) is 0 Å². The Morgan fingerprint density at radius 1 is 1.38 bits per heavy atom. The SMILES string of the molecule is O=C(O)CC1(NC(=O)c2[nH]c3ccc(F)cc3c2Cl)CCOCC1. The molecule has 0 unspecified atom stereocenters. The number of fused-ring (bicyclic) bond motifs is 1. The van der Waals surface area contributed by atoms with Crippen molar-refractivity contribution in [1.29, 1.82) is 0 Å². The molecule has 24 heavy (non-hydrogen) atoms. The summed E-state index contributed by atoms with van der Waals surface area (Å²) >= 11 is 6.19. The van der Waals surface area contributed by atoms with Gasteiger partial charge >= 0.3 is 5.97 Å². The first-order chi connectivity index (χ1) is 11.4. The molecule has 1 saturated heterocycles. The number of aromatic amines is 1. The summed E-state index contributed by atoms with van der Waals surface area (Å²) in [4.78, 5) is 26.7. The molecule has 0 saturated carbocycles. The monoisotopic (exact) mass is 354 g/mol. The van der Waals surface area contributed by atoms with E-state index in [-0.39, 0.29) is 17.1 Å². The van der Waals surface area contributed by atoms with Gasteiger partial charge in [0.1, 0.15) is 11.5 Å². The molecular formula is C16H16ClFN2O4. The molecule has 8 heteroatoms. The van der Waals surface area contributed by atoms with Crippen LogP contribution in [0.1, 0.15) is 29.8 Å². The van der Waals surface area contributed by atoms with Crippen molar-refractivity contribution < 1.29 is 23.8 Å². The first kappa shape index (κ1) is 16.7. The number of carboxylic acids is 1. The van der Waals surface area contributed by atoms with Crippen molar-refractivity contribution in [3.8, 4) is 0 Å². The van der Waals surface area contributed by atoms with Crippen LogP contribution in [0, 0.1) is 5.82 Å². The number of amides is 1. The molecule has 2 heterocycles. The molecule has 0 radical (unpaired) electrons. The molecule has 3 rings (SSSR count). The second-order valence-electron chi connectivity index (χ2n) is 5.92. The van der Waals surface area contributed by atoms with E-state index in [1.54, 1.807) is 0 Å². The Bertz CT molecular complexity index is 799. The van der Waals surface area contributed by atoms with E-state index in [1.165, 1.54) is 18.2 Å². The molecule has 0 spiro atoms. The van der Waals surface area contributed by atoms with E-state index in [9.17, 15) is 14.0 Å². The van der Waals surface area contributed by atoms with Crippen molar-refractivity contribution in [3.05, 3.63) is 34.7 Å². The van der Waals surface area contributed by atoms with Gasteiger partial charge in [0.25, 0.3) is 5.91 Å². The van der Waals surface area contributed by atoms with Crippen LogP contribution in [0.3, 0.4) is 0 Å². The zero-order valence-electron chi connectivity index (χ0n) is 12.7. The van der Waals surface area contributed by atoms with E-state index >= 15 is 0 Å². The molecule has 1 fully saturated rings. The van der Waals surface area contributed by atoms with Crippen molar-refractivity contribution in [2.75, 3.05) is 13.2 Å². The lowest BCUT2D eigenvalue weighted by Gasteiger charge is -2.36. The maximum Gasteiger partial charge on any atom is 0.305 e. The predicted octanol–water partition coefficient (Wildman–Crippen LogP) is 2.71. The van der Waals surface area contributed by atoms with Crippen LogP contribution < -0.4 is 5.32 Å². The number of nitrogens with one attached hydrogen (secondary N) is 2. The number of H-pyrrole nitrogens is 1. The van der Waals surface area contributed by atoms with Crippen LogP contribution in [-0.4, -0.2) is 40.7 Å². The van der Waals surface area contributed by atoms with Crippen LogP contribution in [-0.2, 0) is 9.53 Å². The number of aromatic nitrogens is 1. The van der Waals surface area contributed by atoms with E-state index in [4.69, 9.17) is 21.4 Å². The molecule has 0 bridgehead atoms. The van der Waals surface area contributed by atoms with E-state index in [1.807, 2.05) is 0 Å². The average Bonchev–Trinajstić information content (AvgIpc) is 2.84. The lowest BCUT2D eigenvalue weighted by atomic mass is 9.86. The predicted molar refractivity (Wildman–Crippen MR) is 85.8 cm³/mol. The molecule has 2 aromatic rings. The van der Waals surface area contributed by atoms with Crippen LogP contribution >= 0.6 is 11.6 Å². The number of aliphatic carboxylic acids is 1. The van der Waals surface area contributed by atoms with E-state index < -0.39 is 23.2 Å². The van der Waals surface area contributed by atoms with Gasteiger partial charge < -0.3 is 20.1 Å². The molecule has 0 aliphatic carbocycles. The Hall–Kier alpha value is -2.12. The number of hydrogen-bond donors (Lipinski definition) is 3. The number of carbonyl (C=O) groups is 2. The molecule has 128 valence electrons. The highest BCUT2D eigenvalue weighted by atomic mass is 35.5. The highest BCUT2D eigenvalue weighted by molar-refractivity contribution is 6.38. The van der Waals surface area contributed by atoms with Gasteiger partial charge in [-0.3, -0.25) is 9.59 Å². The van der Waals surface area contributed by atoms with E-state index in [0.29, 0.717) is 37.0 Å². The standard InChI is InChI=1S/C16H16ClFN2O4/c17-13-10-7-9(18)1-2-11(10)19-14(13)15(23)20-16(8-12(21)22)3-5-24-6-4-16/h1-2,7,19H,3-6,8H2,(H,20,23)(H,21,22). The van der Waals surface area contributed by atoms with Crippen LogP contribution in [0.4, 0.5) is 4.39 Å². The summed E-state index contributed by atoms with van der Waals surface area (Å²) in [6.07, 6.45) is 0.601. The van der Waals surface area contributed by atoms with Gasteiger partial charge in [-0.1, -0.05) is 11.6 Å². The molecule has 1 aromatic carbocycles. The summed E-state index contributed by atoms with van der Waals surface area (Å²) in [6.45, 7) is 0.748. The Labute approximate surface area is 141 Å².